The SMILES string of the molecule is CCNC(c1cnc2ccccc2c1)c1ccc(Cl)cn1. The smallest absolute Gasteiger partial charge is 0.0766 e. The van der Waals surface area contributed by atoms with Gasteiger partial charge in [-0.2, -0.15) is 0 Å². The standard InChI is InChI=1S/C17H16ClN3/c1-2-19-17(16-8-7-14(18)11-21-16)13-9-12-5-3-4-6-15(12)20-10-13/h3-11,17,19H,2H2,1H3. The van der Waals surface area contributed by atoms with Gasteiger partial charge in [0.1, 0.15) is 0 Å². The molecule has 1 N–H and O–H groups in total. The molecule has 2 heterocycles. The fraction of sp³-hybridized carbons (Fsp3) is 0.176. The van der Waals surface area contributed by atoms with Crippen molar-refractivity contribution < 1.29 is 0 Å². The number of para-hydroxylation sites is 1. The molecule has 0 bridgehead atoms. The Kier molecular flexibility index (Phi) is 4.13. The topological polar surface area (TPSA) is 37.8 Å². The Morgan fingerprint density at radius 1 is 1.10 bits per heavy atom. The third kappa shape index (κ3) is 3.04. The number of nitrogens with one attached hydrogen (secondary N) is 1. The van der Waals surface area contributed by atoms with Crippen LogP contribution in [0.1, 0.15) is 24.2 Å². The van der Waals surface area contributed by atoms with Gasteiger partial charge in [0, 0.05) is 17.8 Å². The molecule has 0 amide bonds. The van der Waals surface area contributed by atoms with Gasteiger partial charge in [-0.15, -0.1) is 0 Å². The highest BCUT2D eigenvalue weighted by atomic mass is 35.5. The molecule has 0 fully saturated rings. The molecule has 106 valence electrons. The lowest BCUT2D eigenvalue weighted by atomic mass is 10.0. The van der Waals surface area contributed by atoms with E-state index in [-0.39, 0.29) is 6.04 Å². The van der Waals surface area contributed by atoms with Gasteiger partial charge in [-0.25, -0.2) is 0 Å². The lowest BCUT2D eigenvalue weighted by Gasteiger charge is -2.18. The quantitative estimate of drug-likeness (QED) is 0.791. The van der Waals surface area contributed by atoms with Crippen molar-refractivity contribution in [2.75, 3.05) is 6.54 Å². The van der Waals surface area contributed by atoms with Crippen LogP contribution in [0.4, 0.5) is 0 Å². The zero-order chi connectivity index (χ0) is 14.7. The molecular formula is C17H16ClN3. The molecule has 0 spiro atoms. The van der Waals surface area contributed by atoms with Crippen LogP contribution in [-0.2, 0) is 0 Å². The number of fused-ring (bicyclic) bond motifs is 1. The normalized spacial score (nSPS) is 12.5. The number of hydrogen-bond donors (Lipinski definition) is 1. The molecule has 21 heavy (non-hydrogen) atoms. The maximum absolute atomic E-state index is 5.92. The van der Waals surface area contributed by atoms with Crippen LogP contribution in [0.25, 0.3) is 10.9 Å². The molecule has 0 aliphatic carbocycles. The van der Waals surface area contributed by atoms with Gasteiger partial charge < -0.3 is 5.32 Å². The Balaban J connectivity index is 2.04. The Hall–Kier alpha value is -1.97. The first-order chi connectivity index (χ1) is 10.3. The summed E-state index contributed by atoms with van der Waals surface area (Å²) in [6, 6.07) is 14.1. The van der Waals surface area contributed by atoms with E-state index in [2.05, 4.69) is 34.3 Å². The van der Waals surface area contributed by atoms with Gasteiger partial charge in [0.2, 0.25) is 0 Å². The Morgan fingerprint density at radius 2 is 1.95 bits per heavy atom. The molecule has 1 unspecified atom stereocenters. The van der Waals surface area contributed by atoms with Crippen LogP contribution in [0.5, 0.6) is 0 Å². The molecule has 0 aliphatic rings. The van der Waals surface area contributed by atoms with Crippen molar-refractivity contribution in [1.82, 2.24) is 15.3 Å². The summed E-state index contributed by atoms with van der Waals surface area (Å²) < 4.78 is 0. The molecule has 2 aromatic heterocycles. The predicted molar refractivity (Wildman–Crippen MR) is 86.5 cm³/mol. The summed E-state index contributed by atoms with van der Waals surface area (Å²) in [5.41, 5.74) is 3.05. The summed E-state index contributed by atoms with van der Waals surface area (Å²) in [7, 11) is 0. The molecule has 0 radical (unpaired) electrons. The number of nitrogens with zero attached hydrogens (tertiary/aromatic N) is 2. The first-order valence-electron chi connectivity index (χ1n) is 6.97. The van der Waals surface area contributed by atoms with Crippen LogP contribution < -0.4 is 5.32 Å². The van der Waals surface area contributed by atoms with Crippen LogP contribution in [-0.4, -0.2) is 16.5 Å². The summed E-state index contributed by atoms with van der Waals surface area (Å²) in [6.07, 6.45) is 3.58. The molecule has 1 atom stereocenters. The highest BCUT2D eigenvalue weighted by Gasteiger charge is 2.15. The molecule has 3 rings (SSSR count). The number of pyridine rings is 2. The van der Waals surface area contributed by atoms with E-state index < -0.39 is 0 Å². The fourth-order valence-electron chi connectivity index (χ4n) is 2.40. The second-order valence-corrected chi connectivity index (χ2v) is 5.29. The van der Waals surface area contributed by atoms with E-state index in [0.717, 1.165) is 28.7 Å². The Labute approximate surface area is 129 Å². The zero-order valence-electron chi connectivity index (χ0n) is 11.8. The third-order valence-electron chi connectivity index (χ3n) is 3.40. The third-order valence-corrected chi connectivity index (χ3v) is 3.62. The highest BCUT2D eigenvalue weighted by molar-refractivity contribution is 6.30. The minimum Gasteiger partial charge on any atom is -0.305 e. The monoisotopic (exact) mass is 297 g/mol. The zero-order valence-corrected chi connectivity index (χ0v) is 12.5. The molecule has 3 aromatic rings. The first kappa shape index (κ1) is 14.0. The van der Waals surface area contributed by atoms with Gasteiger partial charge in [0.05, 0.1) is 22.3 Å². The second kappa shape index (κ2) is 6.20. The summed E-state index contributed by atoms with van der Waals surface area (Å²) in [5.74, 6) is 0. The van der Waals surface area contributed by atoms with Crippen molar-refractivity contribution in [3.63, 3.8) is 0 Å². The average Bonchev–Trinajstić information content (AvgIpc) is 2.53. The van der Waals surface area contributed by atoms with Crippen LogP contribution in [0.15, 0.2) is 54.9 Å². The molecule has 3 nitrogen and oxygen atoms in total. The second-order valence-electron chi connectivity index (χ2n) is 4.85. The van der Waals surface area contributed by atoms with Crippen molar-refractivity contribution in [3.8, 4) is 0 Å². The summed E-state index contributed by atoms with van der Waals surface area (Å²) in [6.45, 7) is 2.93. The van der Waals surface area contributed by atoms with E-state index in [4.69, 9.17) is 11.6 Å². The summed E-state index contributed by atoms with van der Waals surface area (Å²) in [5, 5.41) is 5.23. The van der Waals surface area contributed by atoms with Crippen LogP contribution in [0.2, 0.25) is 5.02 Å². The van der Waals surface area contributed by atoms with Gasteiger partial charge in [-0.05, 0) is 36.4 Å². The molecule has 0 saturated heterocycles. The molecular weight excluding hydrogens is 282 g/mol. The lowest BCUT2D eigenvalue weighted by Crippen LogP contribution is -2.23. The molecule has 1 aromatic carbocycles. The minimum atomic E-state index is 0.0179. The average molecular weight is 298 g/mol. The summed E-state index contributed by atoms with van der Waals surface area (Å²) >= 11 is 5.92. The lowest BCUT2D eigenvalue weighted by molar-refractivity contribution is 0.614. The van der Waals surface area contributed by atoms with Crippen molar-refractivity contribution in [2.45, 2.75) is 13.0 Å². The minimum absolute atomic E-state index is 0.0179. The van der Waals surface area contributed by atoms with E-state index in [1.54, 1.807) is 6.20 Å². The number of rotatable bonds is 4. The molecule has 0 aliphatic heterocycles. The van der Waals surface area contributed by atoms with Crippen molar-refractivity contribution in [1.29, 1.82) is 0 Å². The van der Waals surface area contributed by atoms with Gasteiger partial charge in [0.15, 0.2) is 0 Å². The van der Waals surface area contributed by atoms with Gasteiger partial charge >= 0.3 is 0 Å². The van der Waals surface area contributed by atoms with Crippen LogP contribution in [0.3, 0.4) is 0 Å². The van der Waals surface area contributed by atoms with Gasteiger partial charge in [0.25, 0.3) is 0 Å². The highest BCUT2D eigenvalue weighted by Crippen LogP contribution is 2.23. The maximum Gasteiger partial charge on any atom is 0.0766 e. The predicted octanol–water partition coefficient (Wildman–Crippen LogP) is 3.98. The van der Waals surface area contributed by atoms with Crippen LogP contribution in [0, 0.1) is 0 Å². The summed E-state index contributed by atoms with van der Waals surface area (Å²) in [4.78, 5) is 8.96. The van der Waals surface area contributed by atoms with Crippen LogP contribution >= 0.6 is 11.6 Å². The van der Waals surface area contributed by atoms with E-state index >= 15 is 0 Å². The van der Waals surface area contributed by atoms with Crippen molar-refractivity contribution in [2.24, 2.45) is 0 Å². The molecule has 0 saturated carbocycles. The van der Waals surface area contributed by atoms with Gasteiger partial charge in [-0.3, -0.25) is 9.97 Å². The molecule has 4 heteroatoms. The van der Waals surface area contributed by atoms with Crippen molar-refractivity contribution >= 4 is 22.5 Å². The van der Waals surface area contributed by atoms with E-state index in [9.17, 15) is 0 Å². The van der Waals surface area contributed by atoms with E-state index in [0.29, 0.717) is 5.02 Å². The maximum atomic E-state index is 5.92. The number of hydrogen-bond acceptors (Lipinski definition) is 3. The Morgan fingerprint density at radius 3 is 2.71 bits per heavy atom. The Bertz CT molecular complexity index is 740. The van der Waals surface area contributed by atoms with Crippen molar-refractivity contribution in [3.05, 3.63) is 71.1 Å². The van der Waals surface area contributed by atoms with Gasteiger partial charge in [-0.1, -0.05) is 36.7 Å². The largest absolute Gasteiger partial charge is 0.305 e. The number of aromatic nitrogens is 2. The first-order valence-corrected chi connectivity index (χ1v) is 7.35. The van der Waals surface area contributed by atoms with E-state index in [1.165, 1.54) is 0 Å². The van der Waals surface area contributed by atoms with E-state index in [1.807, 2.05) is 36.5 Å². The number of halogens is 1. The fourth-order valence-corrected chi connectivity index (χ4v) is 2.51. The number of benzene rings is 1.